The standard InChI is InChI=1S/C18H20N2O/c1-13-7-6-8-14(11-13)18(2,21)12-17-19-15-9-4-5-10-16(15)20(17)3/h4-11,21H,12H2,1-3H3. The third-order valence-corrected chi connectivity index (χ3v) is 4.02. The minimum absolute atomic E-state index is 0.488. The highest BCUT2D eigenvalue weighted by Crippen LogP contribution is 2.27. The molecule has 0 amide bonds. The van der Waals surface area contributed by atoms with Gasteiger partial charge in [-0.2, -0.15) is 0 Å². The fourth-order valence-electron chi connectivity index (χ4n) is 2.74. The van der Waals surface area contributed by atoms with E-state index in [1.54, 1.807) is 0 Å². The number of fused-ring (bicyclic) bond motifs is 1. The van der Waals surface area contributed by atoms with E-state index in [1.807, 2.05) is 69.4 Å². The van der Waals surface area contributed by atoms with Crippen LogP contribution in [-0.4, -0.2) is 14.7 Å². The molecule has 0 bridgehead atoms. The molecule has 0 radical (unpaired) electrons. The Hall–Kier alpha value is -2.13. The van der Waals surface area contributed by atoms with E-state index in [-0.39, 0.29) is 0 Å². The second-order valence-electron chi connectivity index (χ2n) is 5.90. The highest BCUT2D eigenvalue weighted by atomic mass is 16.3. The molecule has 0 aliphatic rings. The van der Waals surface area contributed by atoms with Crippen LogP contribution in [0.3, 0.4) is 0 Å². The number of hydrogen-bond donors (Lipinski definition) is 1. The molecular weight excluding hydrogens is 260 g/mol. The molecule has 1 heterocycles. The second kappa shape index (κ2) is 5.01. The van der Waals surface area contributed by atoms with E-state index in [0.29, 0.717) is 6.42 Å². The summed E-state index contributed by atoms with van der Waals surface area (Å²) in [5, 5.41) is 10.9. The van der Waals surface area contributed by atoms with Gasteiger partial charge in [-0.1, -0.05) is 42.0 Å². The fraction of sp³-hybridized carbons (Fsp3) is 0.278. The Morgan fingerprint density at radius 1 is 1.14 bits per heavy atom. The van der Waals surface area contributed by atoms with Crippen LogP contribution in [0.4, 0.5) is 0 Å². The number of hydrogen-bond acceptors (Lipinski definition) is 2. The molecule has 0 aliphatic carbocycles. The molecule has 3 nitrogen and oxygen atoms in total. The summed E-state index contributed by atoms with van der Waals surface area (Å²) in [6.45, 7) is 3.88. The molecule has 0 fully saturated rings. The smallest absolute Gasteiger partial charge is 0.112 e. The van der Waals surface area contributed by atoms with Crippen molar-refractivity contribution in [3.63, 3.8) is 0 Å². The van der Waals surface area contributed by atoms with E-state index >= 15 is 0 Å². The molecule has 1 N–H and O–H groups in total. The van der Waals surface area contributed by atoms with Crippen molar-refractivity contribution in [1.29, 1.82) is 0 Å². The summed E-state index contributed by atoms with van der Waals surface area (Å²) in [5.74, 6) is 0.891. The maximum atomic E-state index is 10.9. The van der Waals surface area contributed by atoms with E-state index in [9.17, 15) is 5.11 Å². The first-order chi connectivity index (χ1) is 9.97. The van der Waals surface area contributed by atoms with Gasteiger partial charge in [-0.05, 0) is 31.5 Å². The fourth-order valence-corrected chi connectivity index (χ4v) is 2.74. The van der Waals surface area contributed by atoms with Crippen LogP contribution in [0.5, 0.6) is 0 Å². The van der Waals surface area contributed by atoms with Crippen molar-refractivity contribution in [3.05, 3.63) is 65.5 Å². The van der Waals surface area contributed by atoms with Crippen LogP contribution in [0.25, 0.3) is 11.0 Å². The Kier molecular flexibility index (Phi) is 3.30. The number of aliphatic hydroxyl groups is 1. The number of rotatable bonds is 3. The summed E-state index contributed by atoms with van der Waals surface area (Å²) in [6, 6.07) is 16.1. The van der Waals surface area contributed by atoms with Crippen molar-refractivity contribution in [2.45, 2.75) is 25.9 Å². The molecule has 0 saturated carbocycles. The zero-order valence-electron chi connectivity index (χ0n) is 12.7. The van der Waals surface area contributed by atoms with Gasteiger partial charge in [0.25, 0.3) is 0 Å². The molecule has 1 unspecified atom stereocenters. The van der Waals surface area contributed by atoms with Crippen LogP contribution in [0.1, 0.15) is 23.9 Å². The Balaban J connectivity index is 1.99. The van der Waals surface area contributed by atoms with E-state index in [4.69, 9.17) is 0 Å². The largest absolute Gasteiger partial charge is 0.385 e. The van der Waals surface area contributed by atoms with Gasteiger partial charge >= 0.3 is 0 Å². The van der Waals surface area contributed by atoms with Crippen molar-refractivity contribution in [2.24, 2.45) is 7.05 Å². The molecule has 1 atom stereocenters. The quantitative estimate of drug-likeness (QED) is 0.799. The maximum Gasteiger partial charge on any atom is 0.112 e. The summed E-state index contributed by atoms with van der Waals surface area (Å²) < 4.78 is 2.06. The maximum absolute atomic E-state index is 10.9. The van der Waals surface area contributed by atoms with Gasteiger partial charge in [0.15, 0.2) is 0 Å². The lowest BCUT2D eigenvalue weighted by Gasteiger charge is -2.24. The predicted molar refractivity (Wildman–Crippen MR) is 85.2 cm³/mol. The van der Waals surface area contributed by atoms with Gasteiger partial charge in [-0.15, -0.1) is 0 Å². The van der Waals surface area contributed by atoms with E-state index in [2.05, 4.69) is 9.55 Å². The lowest BCUT2D eigenvalue weighted by molar-refractivity contribution is 0.0548. The van der Waals surface area contributed by atoms with Crippen LogP contribution in [-0.2, 0) is 19.1 Å². The first kappa shape index (κ1) is 13.8. The number of para-hydroxylation sites is 2. The second-order valence-corrected chi connectivity index (χ2v) is 5.90. The highest BCUT2D eigenvalue weighted by molar-refractivity contribution is 5.75. The minimum atomic E-state index is -0.929. The molecule has 3 heteroatoms. The van der Waals surface area contributed by atoms with Crippen molar-refractivity contribution in [2.75, 3.05) is 0 Å². The first-order valence-corrected chi connectivity index (χ1v) is 7.17. The summed E-state index contributed by atoms with van der Waals surface area (Å²) in [6.07, 6.45) is 0.488. The van der Waals surface area contributed by atoms with Crippen LogP contribution < -0.4 is 0 Å². The molecule has 0 aliphatic heterocycles. The van der Waals surface area contributed by atoms with E-state index < -0.39 is 5.60 Å². The van der Waals surface area contributed by atoms with E-state index in [0.717, 1.165) is 28.0 Å². The van der Waals surface area contributed by atoms with Crippen molar-refractivity contribution in [3.8, 4) is 0 Å². The zero-order valence-corrected chi connectivity index (χ0v) is 12.7. The van der Waals surface area contributed by atoms with Crippen LogP contribution in [0.2, 0.25) is 0 Å². The van der Waals surface area contributed by atoms with Crippen molar-refractivity contribution >= 4 is 11.0 Å². The Morgan fingerprint density at radius 3 is 2.62 bits per heavy atom. The van der Waals surface area contributed by atoms with Gasteiger partial charge in [0, 0.05) is 13.5 Å². The number of aryl methyl sites for hydroxylation is 2. The Labute approximate surface area is 124 Å². The molecule has 108 valence electrons. The summed E-state index contributed by atoms with van der Waals surface area (Å²) in [7, 11) is 2.00. The molecule has 3 rings (SSSR count). The first-order valence-electron chi connectivity index (χ1n) is 7.17. The molecule has 21 heavy (non-hydrogen) atoms. The molecule has 2 aromatic carbocycles. The average Bonchev–Trinajstić information content (AvgIpc) is 2.75. The van der Waals surface area contributed by atoms with Gasteiger partial charge in [0.05, 0.1) is 16.6 Å². The molecule has 3 aromatic rings. The minimum Gasteiger partial charge on any atom is -0.385 e. The van der Waals surface area contributed by atoms with Crippen LogP contribution in [0.15, 0.2) is 48.5 Å². The molecule has 1 aromatic heterocycles. The number of nitrogens with zero attached hydrogens (tertiary/aromatic N) is 2. The van der Waals surface area contributed by atoms with Gasteiger partial charge in [-0.25, -0.2) is 4.98 Å². The Morgan fingerprint density at radius 2 is 1.90 bits per heavy atom. The van der Waals surface area contributed by atoms with Crippen molar-refractivity contribution < 1.29 is 5.11 Å². The van der Waals surface area contributed by atoms with Crippen molar-refractivity contribution in [1.82, 2.24) is 9.55 Å². The SMILES string of the molecule is Cc1cccc(C(C)(O)Cc2nc3ccccc3n2C)c1. The van der Waals surface area contributed by atoms with Gasteiger partial charge in [0.2, 0.25) is 0 Å². The van der Waals surface area contributed by atoms with Gasteiger partial charge in [0.1, 0.15) is 5.82 Å². The topological polar surface area (TPSA) is 38.1 Å². The number of aromatic nitrogens is 2. The van der Waals surface area contributed by atoms with Crippen LogP contribution in [0, 0.1) is 6.92 Å². The highest BCUT2D eigenvalue weighted by Gasteiger charge is 2.26. The summed E-state index contributed by atoms with van der Waals surface area (Å²) in [4.78, 5) is 4.65. The number of imidazole rings is 1. The predicted octanol–water partition coefficient (Wildman–Crippen LogP) is 3.33. The van der Waals surface area contributed by atoms with Crippen LogP contribution >= 0.6 is 0 Å². The van der Waals surface area contributed by atoms with E-state index in [1.165, 1.54) is 0 Å². The van der Waals surface area contributed by atoms with Gasteiger partial charge in [-0.3, -0.25) is 0 Å². The normalized spacial score (nSPS) is 14.3. The van der Waals surface area contributed by atoms with Gasteiger partial charge < -0.3 is 9.67 Å². The number of benzene rings is 2. The molecular formula is C18H20N2O. The zero-order chi connectivity index (χ0) is 15.0. The molecule has 0 spiro atoms. The lowest BCUT2D eigenvalue weighted by atomic mass is 9.91. The summed E-state index contributed by atoms with van der Waals surface area (Å²) >= 11 is 0. The third-order valence-electron chi connectivity index (χ3n) is 4.02. The third kappa shape index (κ3) is 2.57. The monoisotopic (exact) mass is 280 g/mol. The lowest BCUT2D eigenvalue weighted by Crippen LogP contribution is -2.26. The molecule has 0 saturated heterocycles. The Bertz CT molecular complexity index is 787. The average molecular weight is 280 g/mol. The summed E-state index contributed by atoms with van der Waals surface area (Å²) in [5.41, 5.74) is 3.20.